The van der Waals surface area contributed by atoms with Crippen LogP contribution in [0.5, 0.6) is 0 Å². The van der Waals surface area contributed by atoms with E-state index in [2.05, 4.69) is 92.1 Å². The highest BCUT2D eigenvalue weighted by atomic mass is 15.2. The van der Waals surface area contributed by atoms with Crippen molar-refractivity contribution in [2.75, 3.05) is 4.90 Å². The van der Waals surface area contributed by atoms with Gasteiger partial charge in [-0.25, -0.2) is 0 Å². The van der Waals surface area contributed by atoms with Crippen molar-refractivity contribution < 1.29 is 0 Å². The molecule has 0 aromatic heterocycles. The molecular weight excluding hydrogens is 364 g/mol. The standard InChI is InChI=1S/C26H26N2.C2H6/c1-6-20-22(27-18(2)3)16-17-24-25(20)26(4,5)21-14-10-11-15-23(21)28(24)19-12-8-7-9-13-19;1-2/h6-17H,1H2,2-5H3;1-2H3. The molecule has 2 heteroatoms. The second-order valence-corrected chi connectivity index (χ2v) is 7.97. The summed E-state index contributed by atoms with van der Waals surface area (Å²) in [6.45, 7) is 16.8. The summed E-state index contributed by atoms with van der Waals surface area (Å²) in [5.74, 6) is 0. The van der Waals surface area contributed by atoms with Gasteiger partial charge in [-0.1, -0.05) is 76.7 Å². The van der Waals surface area contributed by atoms with E-state index in [1.807, 2.05) is 33.8 Å². The van der Waals surface area contributed by atoms with Gasteiger partial charge in [0, 0.05) is 22.4 Å². The highest BCUT2D eigenvalue weighted by Crippen LogP contribution is 2.54. The summed E-state index contributed by atoms with van der Waals surface area (Å²) in [5.41, 5.74) is 9.13. The van der Waals surface area contributed by atoms with Crippen molar-refractivity contribution in [3.63, 3.8) is 0 Å². The molecule has 154 valence electrons. The van der Waals surface area contributed by atoms with Crippen LogP contribution in [0.4, 0.5) is 22.7 Å². The van der Waals surface area contributed by atoms with Crippen LogP contribution in [0.25, 0.3) is 6.08 Å². The molecule has 3 aromatic carbocycles. The van der Waals surface area contributed by atoms with E-state index in [9.17, 15) is 0 Å². The van der Waals surface area contributed by atoms with Crippen molar-refractivity contribution in [3.8, 4) is 0 Å². The van der Waals surface area contributed by atoms with Crippen LogP contribution >= 0.6 is 0 Å². The zero-order valence-corrected chi connectivity index (χ0v) is 19.0. The first-order valence-corrected chi connectivity index (χ1v) is 10.7. The Hall–Kier alpha value is -3.13. The lowest BCUT2D eigenvalue weighted by molar-refractivity contribution is 0.630. The number of rotatable bonds is 3. The van der Waals surface area contributed by atoms with E-state index >= 15 is 0 Å². The van der Waals surface area contributed by atoms with E-state index in [-0.39, 0.29) is 5.41 Å². The zero-order chi connectivity index (χ0) is 21.9. The van der Waals surface area contributed by atoms with E-state index < -0.39 is 0 Å². The van der Waals surface area contributed by atoms with E-state index in [1.165, 1.54) is 22.5 Å². The Balaban J connectivity index is 0.00000124. The van der Waals surface area contributed by atoms with Crippen molar-refractivity contribution in [1.82, 2.24) is 0 Å². The number of fused-ring (bicyclic) bond motifs is 2. The van der Waals surface area contributed by atoms with Crippen LogP contribution in [0, 0.1) is 0 Å². The summed E-state index contributed by atoms with van der Waals surface area (Å²) < 4.78 is 0. The molecule has 2 nitrogen and oxygen atoms in total. The Morgan fingerprint density at radius 2 is 1.50 bits per heavy atom. The first-order valence-electron chi connectivity index (χ1n) is 10.7. The minimum atomic E-state index is -0.159. The number of benzene rings is 3. The SMILES string of the molecule is C=Cc1c(N=C(C)C)ccc2c1C(C)(C)c1ccccc1N2c1ccccc1.CC. The molecule has 1 aliphatic rings. The molecular formula is C28H32N2. The van der Waals surface area contributed by atoms with Crippen LogP contribution in [0.3, 0.4) is 0 Å². The highest BCUT2D eigenvalue weighted by Gasteiger charge is 2.38. The average Bonchev–Trinajstić information content (AvgIpc) is 2.76. The van der Waals surface area contributed by atoms with Gasteiger partial charge in [0.05, 0.1) is 17.1 Å². The van der Waals surface area contributed by atoms with Gasteiger partial charge in [-0.05, 0) is 55.3 Å². The normalized spacial score (nSPS) is 13.3. The van der Waals surface area contributed by atoms with Gasteiger partial charge in [0.25, 0.3) is 0 Å². The van der Waals surface area contributed by atoms with Crippen LogP contribution in [0.1, 0.15) is 58.2 Å². The van der Waals surface area contributed by atoms with Gasteiger partial charge < -0.3 is 4.90 Å². The quantitative estimate of drug-likeness (QED) is 0.405. The van der Waals surface area contributed by atoms with Crippen molar-refractivity contribution in [2.24, 2.45) is 4.99 Å². The van der Waals surface area contributed by atoms with E-state index in [4.69, 9.17) is 4.99 Å². The molecule has 0 saturated heterocycles. The molecule has 0 aliphatic carbocycles. The molecule has 0 atom stereocenters. The fourth-order valence-electron chi connectivity index (χ4n) is 4.30. The van der Waals surface area contributed by atoms with Crippen LogP contribution in [0.2, 0.25) is 0 Å². The van der Waals surface area contributed by atoms with Gasteiger partial charge in [-0.2, -0.15) is 0 Å². The topological polar surface area (TPSA) is 15.6 Å². The van der Waals surface area contributed by atoms with Crippen molar-refractivity contribution in [2.45, 2.75) is 47.0 Å². The number of nitrogens with zero attached hydrogens (tertiary/aromatic N) is 2. The summed E-state index contributed by atoms with van der Waals surface area (Å²) in [7, 11) is 0. The monoisotopic (exact) mass is 396 g/mol. The van der Waals surface area contributed by atoms with Crippen LogP contribution in [-0.4, -0.2) is 5.71 Å². The molecule has 4 rings (SSSR count). The minimum absolute atomic E-state index is 0.159. The maximum Gasteiger partial charge on any atom is 0.0705 e. The number of para-hydroxylation sites is 2. The third-order valence-electron chi connectivity index (χ3n) is 5.45. The third-order valence-corrected chi connectivity index (χ3v) is 5.45. The second kappa shape index (κ2) is 8.71. The Labute approximate surface area is 181 Å². The molecule has 0 radical (unpaired) electrons. The maximum absolute atomic E-state index is 4.78. The minimum Gasteiger partial charge on any atom is -0.310 e. The summed E-state index contributed by atoms with van der Waals surface area (Å²) >= 11 is 0. The number of hydrogen-bond acceptors (Lipinski definition) is 2. The Bertz CT molecular complexity index is 1070. The Morgan fingerprint density at radius 1 is 0.867 bits per heavy atom. The molecule has 0 saturated carbocycles. The van der Waals surface area contributed by atoms with Crippen LogP contribution in [-0.2, 0) is 5.41 Å². The smallest absolute Gasteiger partial charge is 0.0705 e. The summed E-state index contributed by atoms with van der Waals surface area (Å²) in [6, 6.07) is 23.6. The fraction of sp³-hybridized carbons (Fsp3) is 0.250. The molecule has 1 heterocycles. The maximum atomic E-state index is 4.78. The van der Waals surface area contributed by atoms with Crippen molar-refractivity contribution >= 4 is 34.5 Å². The van der Waals surface area contributed by atoms with Gasteiger partial charge in [0.2, 0.25) is 0 Å². The van der Waals surface area contributed by atoms with Gasteiger partial charge in [0.15, 0.2) is 0 Å². The predicted molar refractivity (Wildman–Crippen MR) is 133 cm³/mol. The molecule has 0 spiro atoms. The summed E-state index contributed by atoms with van der Waals surface area (Å²) in [6.07, 6.45) is 1.96. The second-order valence-electron chi connectivity index (χ2n) is 7.97. The molecule has 0 fully saturated rings. The molecule has 1 aliphatic heterocycles. The zero-order valence-electron chi connectivity index (χ0n) is 19.0. The summed E-state index contributed by atoms with van der Waals surface area (Å²) in [5, 5.41) is 0. The fourth-order valence-corrected chi connectivity index (χ4v) is 4.30. The number of anilines is 3. The lowest BCUT2D eigenvalue weighted by Gasteiger charge is -2.43. The molecule has 0 N–H and O–H groups in total. The van der Waals surface area contributed by atoms with Gasteiger partial charge >= 0.3 is 0 Å². The molecule has 0 unspecified atom stereocenters. The third kappa shape index (κ3) is 3.59. The lowest BCUT2D eigenvalue weighted by Crippen LogP contribution is -2.31. The van der Waals surface area contributed by atoms with Crippen LogP contribution in [0.15, 0.2) is 78.3 Å². The highest BCUT2D eigenvalue weighted by molar-refractivity contribution is 5.91. The Kier molecular flexibility index (Phi) is 6.26. The molecule has 3 aromatic rings. The van der Waals surface area contributed by atoms with Crippen molar-refractivity contribution in [1.29, 1.82) is 0 Å². The van der Waals surface area contributed by atoms with Crippen molar-refractivity contribution in [3.05, 3.63) is 90.0 Å². The van der Waals surface area contributed by atoms with Gasteiger partial charge in [-0.3, -0.25) is 4.99 Å². The Morgan fingerprint density at radius 3 is 2.13 bits per heavy atom. The van der Waals surface area contributed by atoms with E-state index in [0.29, 0.717) is 0 Å². The first kappa shape index (κ1) is 21.6. The lowest BCUT2D eigenvalue weighted by atomic mass is 9.71. The summed E-state index contributed by atoms with van der Waals surface area (Å²) in [4.78, 5) is 7.14. The average molecular weight is 397 g/mol. The van der Waals surface area contributed by atoms with Gasteiger partial charge in [-0.15, -0.1) is 0 Å². The van der Waals surface area contributed by atoms with Crippen LogP contribution < -0.4 is 4.90 Å². The largest absolute Gasteiger partial charge is 0.310 e. The van der Waals surface area contributed by atoms with E-state index in [1.54, 1.807) is 0 Å². The molecule has 0 amide bonds. The molecule has 30 heavy (non-hydrogen) atoms. The van der Waals surface area contributed by atoms with E-state index in [0.717, 1.165) is 22.6 Å². The van der Waals surface area contributed by atoms with Gasteiger partial charge in [0.1, 0.15) is 0 Å². The number of hydrogen-bond donors (Lipinski definition) is 0. The molecule has 0 bridgehead atoms. The first-order chi connectivity index (χ1) is 14.4. The predicted octanol–water partition coefficient (Wildman–Crippen LogP) is 8.58. The number of aliphatic imine (C=N–C) groups is 1.